The van der Waals surface area contributed by atoms with Crippen molar-refractivity contribution >= 4 is 16.7 Å². The average molecular weight is 258 g/mol. The second kappa shape index (κ2) is 5.26. The molecular formula is C15H18N2O2. The zero-order chi connectivity index (χ0) is 14.0. The van der Waals surface area contributed by atoms with Gasteiger partial charge in [0, 0.05) is 37.1 Å². The van der Waals surface area contributed by atoms with E-state index in [1.165, 1.54) is 4.57 Å². The lowest BCUT2D eigenvalue weighted by molar-refractivity contribution is 0.0774. The number of amides is 1. The molecule has 0 unspecified atom stereocenters. The maximum Gasteiger partial charge on any atom is 0.258 e. The monoisotopic (exact) mass is 258 g/mol. The first-order valence-corrected chi connectivity index (χ1v) is 6.47. The van der Waals surface area contributed by atoms with Crippen LogP contribution in [0.25, 0.3) is 10.8 Å². The Bertz CT molecular complexity index is 669. The van der Waals surface area contributed by atoms with E-state index in [2.05, 4.69) is 0 Å². The summed E-state index contributed by atoms with van der Waals surface area (Å²) in [6.45, 7) is 5.22. The standard InChI is InChI=1S/C15H18N2O2/c1-4-17(5-2)15(19)13-10-16(3)14(18)12-9-7-6-8-11(12)13/h6-10H,4-5H2,1-3H3. The minimum Gasteiger partial charge on any atom is -0.339 e. The van der Waals surface area contributed by atoms with Gasteiger partial charge >= 0.3 is 0 Å². The molecular weight excluding hydrogens is 240 g/mol. The molecule has 0 fully saturated rings. The fourth-order valence-corrected chi connectivity index (χ4v) is 2.27. The number of pyridine rings is 1. The van der Waals surface area contributed by atoms with E-state index in [9.17, 15) is 9.59 Å². The highest BCUT2D eigenvalue weighted by Gasteiger charge is 2.17. The van der Waals surface area contributed by atoms with Crippen molar-refractivity contribution in [3.05, 3.63) is 46.4 Å². The maximum atomic E-state index is 12.5. The molecule has 19 heavy (non-hydrogen) atoms. The SMILES string of the molecule is CCN(CC)C(=O)c1cn(C)c(=O)c2ccccc12. The number of carbonyl (C=O) groups is 1. The summed E-state index contributed by atoms with van der Waals surface area (Å²) in [4.78, 5) is 26.3. The summed E-state index contributed by atoms with van der Waals surface area (Å²) in [6.07, 6.45) is 1.63. The normalized spacial score (nSPS) is 10.7. The van der Waals surface area contributed by atoms with Gasteiger partial charge in [-0.2, -0.15) is 0 Å². The Hall–Kier alpha value is -2.10. The molecule has 2 rings (SSSR count). The van der Waals surface area contributed by atoms with Crippen LogP contribution in [0.15, 0.2) is 35.3 Å². The van der Waals surface area contributed by atoms with E-state index >= 15 is 0 Å². The number of benzene rings is 1. The van der Waals surface area contributed by atoms with Crippen molar-refractivity contribution in [1.82, 2.24) is 9.47 Å². The second-order valence-electron chi connectivity index (χ2n) is 4.48. The van der Waals surface area contributed by atoms with E-state index in [-0.39, 0.29) is 11.5 Å². The van der Waals surface area contributed by atoms with Gasteiger partial charge in [0.1, 0.15) is 0 Å². The molecule has 0 radical (unpaired) electrons. The Morgan fingerprint density at radius 3 is 2.32 bits per heavy atom. The fraction of sp³-hybridized carbons (Fsp3) is 0.333. The third kappa shape index (κ3) is 2.26. The van der Waals surface area contributed by atoms with Crippen molar-refractivity contribution in [1.29, 1.82) is 0 Å². The van der Waals surface area contributed by atoms with Gasteiger partial charge in [0.25, 0.3) is 11.5 Å². The lowest BCUT2D eigenvalue weighted by Crippen LogP contribution is -2.32. The molecule has 4 heteroatoms. The van der Waals surface area contributed by atoms with Gasteiger partial charge in [-0.1, -0.05) is 18.2 Å². The maximum absolute atomic E-state index is 12.5. The lowest BCUT2D eigenvalue weighted by Gasteiger charge is -2.20. The molecule has 2 aromatic rings. The van der Waals surface area contributed by atoms with Gasteiger partial charge in [0.2, 0.25) is 0 Å². The Morgan fingerprint density at radius 1 is 1.16 bits per heavy atom. The zero-order valence-electron chi connectivity index (χ0n) is 11.5. The third-order valence-corrected chi connectivity index (χ3v) is 3.37. The molecule has 1 heterocycles. The Morgan fingerprint density at radius 2 is 1.74 bits per heavy atom. The van der Waals surface area contributed by atoms with E-state index in [0.29, 0.717) is 24.0 Å². The fourth-order valence-electron chi connectivity index (χ4n) is 2.27. The molecule has 0 aliphatic heterocycles. The van der Waals surface area contributed by atoms with Crippen molar-refractivity contribution in [3.8, 4) is 0 Å². The Balaban J connectivity index is 2.71. The molecule has 4 nitrogen and oxygen atoms in total. The minimum absolute atomic E-state index is 0.0307. The number of hydrogen-bond acceptors (Lipinski definition) is 2. The topological polar surface area (TPSA) is 42.3 Å². The van der Waals surface area contributed by atoms with Crippen LogP contribution in [0.3, 0.4) is 0 Å². The zero-order valence-corrected chi connectivity index (χ0v) is 11.5. The van der Waals surface area contributed by atoms with E-state index < -0.39 is 0 Å². The highest BCUT2D eigenvalue weighted by molar-refractivity contribution is 6.06. The molecule has 1 amide bonds. The lowest BCUT2D eigenvalue weighted by atomic mass is 10.1. The van der Waals surface area contributed by atoms with Crippen molar-refractivity contribution < 1.29 is 4.79 Å². The van der Waals surface area contributed by atoms with Crippen LogP contribution in [0.2, 0.25) is 0 Å². The van der Waals surface area contributed by atoms with E-state index in [4.69, 9.17) is 0 Å². The smallest absolute Gasteiger partial charge is 0.258 e. The van der Waals surface area contributed by atoms with Crippen LogP contribution in [0.4, 0.5) is 0 Å². The largest absolute Gasteiger partial charge is 0.339 e. The van der Waals surface area contributed by atoms with Crippen LogP contribution in [0, 0.1) is 0 Å². The number of nitrogens with zero attached hydrogens (tertiary/aromatic N) is 2. The van der Waals surface area contributed by atoms with Crippen LogP contribution < -0.4 is 5.56 Å². The summed E-state index contributed by atoms with van der Waals surface area (Å²) < 4.78 is 1.47. The molecule has 0 bridgehead atoms. The number of rotatable bonds is 3. The number of hydrogen-bond donors (Lipinski definition) is 0. The summed E-state index contributed by atoms with van der Waals surface area (Å²) in [6, 6.07) is 7.25. The first kappa shape index (κ1) is 13.3. The van der Waals surface area contributed by atoms with Gasteiger partial charge < -0.3 is 9.47 Å². The molecule has 1 aromatic heterocycles. The summed E-state index contributed by atoms with van der Waals surface area (Å²) in [5, 5.41) is 1.31. The van der Waals surface area contributed by atoms with E-state index in [0.717, 1.165) is 5.39 Å². The third-order valence-electron chi connectivity index (χ3n) is 3.37. The quantitative estimate of drug-likeness (QED) is 0.845. The van der Waals surface area contributed by atoms with Crippen molar-refractivity contribution in [3.63, 3.8) is 0 Å². The molecule has 0 N–H and O–H groups in total. The highest BCUT2D eigenvalue weighted by Crippen LogP contribution is 2.17. The van der Waals surface area contributed by atoms with E-state index in [1.807, 2.05) is 32.0 Å². The predicted molar refractivity (Wildman–Crippen MR) is 76.4 cm³/mol. The summed E-state index contributed by atoms with van der Waals surface area (Å²) in [5.74, 6) is -0.0307. The molecule has 0 aliphatic rings. The number of carbonyl (C=O) groups excluding carboxylic acids is 1. The van der Waals surface area contributed by atoms with Crippen molar-refractivity contribution in [2.45, 2.75) is 13.8 Å². The van der Waals surface area contributed by atoms with Gasteiger partial charge in [-0.25, -0.2) is 0 Å². The predicted octanol–water partition coefficient (Wildman–Crippen LogP) is 2.02. The Labute approximate surface area is 112 Å². The van der Waals surface area contributed by atoms with Crippen LogP contribution >= 0.6 is 0 Å². The van der Waals surface area contributed by atoms with Gasteiger partial charge in [0.15, 0.2) is 0 Å². The molecule has 0 aliphatic carbocycles. The summed E-state index contributed by atoms with van der Waals surface area (Å²) >= 11 is 0. The molecule has 0 atom stereocenters. The van der Waals surface area contributed by atoms with Crippen LogP contribution in [0.1, 0.15) is 24.2 Å². The molecule has 0 saturated heterocycles. The second-order valence-corrected chi connectivity index (χ2v) is 4.48. The minimum atomic E-state index is -0.0771. The average Bonchev–Trinajstić information content (AvgIpc) is 2.44. The van der Waals surface area contributed by atoms with Gasteiger partial charge in [0.05, 0.1) is 5.56 Å². The first-order chi connectivity index (χ1) is 9.10. The highest BCUT2D eigenvalue weighted by atomic mass is 16.2. The number of fused-ring (bicyclic) bond motifs is 1. The van der Waals surface area contributed by atoms with Crippen LogP contribution in [-0.4, -0.2) is 28.5 Å². The van der Waals surface area contributed by atoms with Gasteiger partial charge in [-0.05, 0) is 19.9 Å². The van der Waals surface area contributed by atoms with Crippen molar-refractivity contribution in [2.24, 2.45) is 7.05 Å². The van der Waals surface area contributed by atoms with E-state index in [1.54, 1.807) is 24.2 Å². The summed E-state index contributed by atoms with van der Waals surface area (Å²) in [5.41, 5.74) is 0.507. The molecule has 1 aromatic carbocycles. The molecule has 0 spiro atoms. The van der Waals surface area contributed by atoms with Crippen molar-refractivity contribution in [2.75, 3.05) is 13.1 Å². The first-order valence-electron chi connectivity index (χ1n) is 6.47. The Kier molecular flexibility index (Phi) is 3.69. The number of aromatic nitrogens is 1. The number of aryl methyl sites for hydroxylation is 1. The van der Waals surface area contributed by atoms with Crippen LogP contribution in [-0.2, 0) is 7.05 Å². The molecule has 0 saturated carbocycles. The molecule has 100 valence electrons. The van der Waals surface area contributed by atoms with Crippen LogP contribution in [0.5, 0.6) is 0 Å². The van der Waals surface area contributed by atoms with Gasteiger partial charge in [-0.3, -0.25) is 9.59 Å². The summed E-state index contributed by atoms with van der Waals surface area (Å²) in [7, 11) is 1.67. The van der Waals surface area contributed by atoms with Gasteiger partial charge in [-0.15, -0.1) is 0 Å².